The van der Waals surface area contributed by atoms with Crippen LogP contribution in [0, 0.1) is 6.92 Å². The predicted octanol–water partition coefficient (Wildman–Crippen LogP) is -0.263. The quantitative estimate of drug-likeness (QED) is 0.408. The van der Waals surface area contributed by atoms with Crippen LogP contribution in [-0.2, 0) is 35.3 Å². The zero-order valence-corrected chi connectivity index (χ0v) is 17.3. The van der Waals surface area contributed by atoms with Crippen LogP contribution in [0.1, 0.15) is 11.8 Å². The Morgan fingerprint density at radius 3 is 2.59 bits per heavy atom. The van der Waals surface area contributed by atoms with Crippen LogP contribution in [0.2, 0.25) is 0 Å². The number of aromatic amines is 1. The number of aromatic nitrogens is 2. The van der Waals surface area contributed by atoms with E-state index in [1.54, 1.807) is 6.92 Å². The number of aryl methyl sites for hydroxylation is 1. The highest BCUT2D eigenvalue weighted by Gasteiger charge is 2.49. The molecule has 0 radical (unpaired) electrons. The van der Waals surface area contributed by atoms with E-state index in [4.69, 9.17) is 35.3 Å². The lowest BCUT2D eigenvalue weighted by Gasteiger charge is -2.27. The molecule has 2 N–H and O–H groups in total. The van der Waals surface area contributed by atoms with Gasteiger partial charge in [0.05, 0.1) is 19.8 Å². The lowest BCUT2D eigenvalue weighted by molar-refractivity contribution is -0.0826. The molecule has 0 aromatic carbocycles. The second kappa shape index (κ2) is 9.53. The van der Waals surface area contributed by atoms with Gasteiger partial charge in [-0.25, -0.2) is 4.79 Å². The first-order chi connectivity index (χ1) is 12.7. The van der Waals surface area contributed by atoms with E-state index in [0.717, 1.165) is 0 Å². The minimum Gasteiger partial charge on any atom is -0.382 e. The van der Waals surface area contributed by atoms with Crippen molar-refractivity contribution in [2.75, 3.05) is 40.7 Å². The molecule has 1 aliphatic rings. The van der Waals surface area contributed by atoms with Gasteiger partial charge in [0.15, 0.2) is 12.7 Å². The first-order valence-electron chi connectivity index (χ1n) is 8.23. The summed E-state index contributed by atoms with van der Waals surface area (Å²) in [6.07, 6.45) is -1.70. The number of nitrogens with zero attached hydrogens (tertiary/aromatic N) is 1. The monoisotopic (exact) mass is 424 g/mol. The summed E-state index contributed by atoms with van der Waals surface area (Å²) in [6, 6.07) is 0. The van der Waals surface area contributed by atoms with E-state index >= 15 is 0 Å². The van der Waals surface area contributed by atoms with Gasteiger partial charge >= 0.3 is 5.69 Å². The molecular weight excluding hydrogens is 399 g/mol. The van der Waals surface area contributed by atoms with Gasteiger partial charge in [-0.3, -0.25) is 14.3 Å². The highest BCUT2D eigenvalue weighted by Crippen LogP contribution is 2.45. The zero-order chi connectivity index (χ0) is 20.2. The Balaban J connectivity index is 2.43. The van der Waals surface area contributed by atoms with Crippen molar-refractivity contribution in [3.05, 3.63) is 32.6 Å². The molecule has 1 fully saturated rings. The van der Waals surface area contributed by atoms with E-state index in [1.807, 2.05) is 0 Å². The normalized spacial score (nSPS) is 27.6. The van der Waals surface area contributed by atoms with Crippen LogP contribution < -0.4 is 11.2 Å². The van der Waals surface area contributed by atoms with Crippen LogP contribution in [0.3, 0.4) is 0 Å². The second-order valence-corrected chi connectivity index (χ2v) is 10.0. The smallest absolute Gasteiger partial charge is 0.330 e. The largest absolute Gasteiger partial charge is 0.382 e. The first kappa shape index (κ1) is 22.4. The Kier molecular flexibility index (Phi) is 7.90. The van der Waals surface area contributed by atoms with E-state index in [-0.39, 0.29) is 13.2 Å². The molecule has 12 heteroatoms. The summed E-state index contributed by atoms with van der Waals surface area (Å²) < 4.78 is 28.9. The average Bonchev–Trinajstić information content (AvgIpc) is 2.88. The van der Waals surface area contributed by atoms with Crippen molar-refractivity contribution in [1.29, 1.82) is 0 Å². The maximum absolute atomic E-state index is 12.3. The van der Waals surface area contributed by atoms with Crippen LogP contribution in [0.25, 0.3) is 0 Å². The van der Waals surface area contributed by atoms with Crippen molar-refractivity contribution in [3.8, 4) is 0 Å². The second-order valence-electron chi connectivity index (χ2n) is 6.20. The molecule has 1 aromatic rings. The molecule has 0 bridgehead atoms. The summed E-state index contributed by atoms with van der Waals surface area (Å²) >= 11 is 5.02. The van der Waals surface area contributed by atoms with Crippen molar-refractivity contribution in [3.63, 3.8) is 0 Å². The van der Waals surface area contributed by atoms with Gasteiger partial charge in [-0.2, -0.15) is 0 Å². The third-order valence-corrected chi connectivity index (χ3v) is 4.84. The molecule has 0 aliphatic carbocycles. The molecule has 2 heterocycles. The molecule has 1 saturated heterocycles. The van der Waals surface area contributed by atoms with Crippen molar-refractivity contribution < 1.29 is 28.4 Å². The third kappa shape index (κ3) is 5.78. The standard InChI is InChI=1S/C15H25N2O8PS/c1-9-7-17(15(19)16-13(9)18)14-12(23-6-5-21-2)11(25-26(4,20)27)10(24-14)8-22-3/h7,10-12,14H,5-6,8H2,1-4H3,(H,20,27)(H,16,18,19)/t10-,11?,12+,14-,26?/m1/s1. The fraction of sp³-hybridized carbons (Fsp3) is 0.733. The van der Waals surface area contributed by atoms with Crippen LogP contribution in [0.15, 0.2) is 15.8 Å². The summed E-state index contributed by atoms with van der Waals surface area (Å²) in [5.41, 5.74) is -0.788. The molecule has 5 atom stereocenters. The van der Waals surface area contributed by atoms with Gasteiger partial charge in [-0.1, -0.05) is 0 Å². The molecule has 1 aliphatic heterocycles. The average molecular weight is 424 g/mol. The number of hydrogen-bond acceptors (Lipinski definition) is 8. The summed E-state index contributed by atoms with van der Waals surface area (Å²) in [5.74, 6) is 0. The van der Waals surface area contributed by atoms with Gasteiger partial charge in [-0.05, 0) is 18.7 Å². The number of ether oxygens (including phenoxy) is 4. The summed E-state index contributed by atoms with van der Waals surface area (Å²) in [6.45, 7) is 0.585. The van der Waals surface area contributed by atoms with Gasteiger partial charge in [0.1, 0.15) is 18.3 Å². The number of methoxy groups -OCH3 is 2. The lowest BCUT2D eigenvalue weighted by Crippen LogP contribution is -2.41. The van der Waals surface area contributed by atoms with Crippen molar-refractivity contribution in [1.82, 2.24) is 9.55 Å². The highest BCUT2D eigenvalue weighted by atomic mass is 32.5. The van der Waals surface area contributed by atoms with E-state index < -0.39 is 42.3 Å². The molecule has 1 aromatic heterocycles. The molecule has 154 valence electrons. The van der Waals surface area contributed by atoms with Gasteiger partial charge in [0.25, 0.3) is 5.56 Å². The van der Waals surface area contributed by atoms with Crippen LogP contribution in [-0.4, -0.2) is 73.5 Å². The number of hydrogen-bond donors (Lipinski definition) is 2. The van der Waals surface area contributed by atoms with E-state index in [9.17, 15) is 14.5 Å². The Morgan fingerprint density at radius 1 is 1.30 bits per heavy atom. The molecular formula is C15H25N2O8PS. The molecule has 2 unspecified atom stereocenters. The molecule has 27 heavy (non-hydrogen) atoms. The fourth-order valence-electron chi connectivity index (χ4n) is 2.80. The topological polar surface area (TPSA) is 121 Å². The van der Waals surface area contributed by atoms with E-state index in [1.165, 1.54) is 31.6 Å². The number of H-pyrrole nitrogens is 1. The van der Waals surface area contributed by atoms with Crippen LogP contribution >= 0.6 is 6.49 Å². The van der Waals surface area contributed by atoms with Crippen molar-refractivity contribution in [2.45, 2.75) is 31.5 Å². The van der Waals surface area contributed by atoms with Crippen molar-refractivity contribution in [2.24, 2.45) is 0 Å². The van der Waals surface area contributed by atoms with Crippen LogP contribution in [0.5, 0.6) is 0 Å². The highest BCUT2D eigenvalue weighted by molar-refractivity contribution is 8.09. The fourth-order valence-corrected chi connectivity index (χ4v) is 3.81. The lowest BCUT2D eigenvalue weighted by atomic mass is 10.1. The van der Waals surface area contributed by atoms with Gasteiger partial charge in [0, 0.05) is 32.6 Å². The maximum atomic E-state index is 12.3. The summed E-state index contributed by atoms with van der Waals surface area (Å²) in [4.78, 5) is 36.3. The van der Waals surface area contributed by atoms with Gasteiger partial charge in [0.2, 0.25) is 0 Å². The van der Waals surface area contributed by atoms with Gasteiger partial charge in [-0.15, -0.1) is 0 Å². The van der Waals surface area contributed by atoms with Crippen molar-refractivity contribution >= 4 is 18.3 Å². The Labute approximate surface area is 161 Å². The molecule has 0 spiro atoms. The SMILES string of the molecule is COCCO[C@H]1C(OP(C)(O)=S)[C@@H](COC)O[C@H]1n1cc(C)c(=O)[nH]c1=O. The Morgan fingerprint density at radius 2 is 2.00 bits per heavy atom. The maximum Gasteiger partial charge on any atom is 0.330 e. The van der Waals surface area contributed by atoms with Gasteiger partial charge < -0.3 is 28.4 Å². The minimum atomic E-state index is -3.06. The molecule has 10 nitrogen and oxygen atoms in total. The number of rotatable bonds is 9. The Hall–Kier alpha value is -0.910. The van der Waals surface area contributed by atoms with Crippen LogP contribution in [0.4, 0.5) is 0 Å². The third-order valence-electron chi connectivity index (χ3n) is 3.95. The minimum absolute atomic E-state index is 0.137. The van der Waals surface area contributed by atoms with E-state index in [0.29, 0.717) is 12.2 Å². The summed E-state index contributed by atoms with van der Waals surface area (Å²) in [5, 5.41) is 0. The predicted molar refractivity (Wildman–Crippen MR) is 101 cm³/mol. The summed E-state index contributed by atoms with van der Waals surface area (Å²) in [7, 11) is 3.02. The Bertz CT molecular complexity index is 791. The zero-order valence-electron chi connectivity index (χ0n) is 15.6. The molecule has 2 rings (SSSR count). The molecule has 0 saturated carbocycles. The first-order valence-corrected chi connectivity index (χ1v) is 11.4. The molecule has 0 amide bonds. The number of nitrogens with one attached hydrogen (secondary N) is 1. The van der Waals surface area contributed by atoms with E-state index in [2.05, 4.69) is 4.98 Å².